The topological polar surface area (TPSA) is 38.2 Å². The molecule has 0 spiro atoms. The summed E-state index contributed by atoms with van der Waals surface area (Å²) in [4.78, 5) is 10.7. The third kappa shape index (κ3) is 3.08. The van der Waals surface area contributed by atoms with Gasteiger partial charge in [0.25, 0.3) is 0 Å². The van der Waals surface area contributed by atoms with Gasteiger partial charge in [-0.3, -0.25) is 0 Å². The van der Waals surface area contributed by atoms with Crippen LogP contribution in [0.5, 0.6) is 5.75 Å². The van der Waals surface area contributed by atoms with Gasteiger partial charge >= 0.3 is 0 Å². The molecule has 0 saturated carbocycles. The van der Waals surface area contributed by atoms with Crippen LogP contribution in [-0.2, 0) is 0 Å². The molecule has 0 aliphatic rings. The number of hydrogen-bond donors (Lipinski definition) is 0. The van der Waals surface area contributed by atoms with Gasteiger partial charge in [-0.15, -0.1) is 12.4 Å². The molecular formula is C16H15Cl2N3O. The van der Waals surface area contributed by atoms with Gasteiger partial charge in [0.2, 0.25) is 0 Å². The number of benzene rings is 2. The molecule has 0 aliphatic heterocycles. The summed E-state index contributed by atoms with van der Waals surface area (Å²) in [7, 11) is 3.62. The van der Waals surface area contributed by atoms with Crippen LogP contribution in [0, 0.1) is 0 Å². The van der Waals surface area contributed by atoms with E-state index < -0.39 is 0 Å². The number of aromatic nitrogens is 2. The third-order valence-electron chi connectivity index (χ3n) is 3.35. The average Bonchev–Trinajstić information content (AvgIpc) is 2.53. The zero-order valence-corrected chi connectivity index (χ0v) is 13.7. The first-order chi connectivity index (χ1) is 10.2. The zero-order valence-electron chi connectivity index (χ0n) is 12.2. The normalized spacial score (nSPS) is 10.1. The number of methoxy groups -OCH3 is 1. The molecule has 0 amide bonds. The maximum absolute atomic E-state index is 6.01. The largest absolute Gasteiger partial charge is 0.497 e. The number of fused-ring (bicyclic) bond motifs is 1. The quantitative estimate of drug-likeness (QED) is 0.707. The number of anilines is 2. The van der Waals surface area contributed by atoms with E-state index in [2.05, 4.69) is 9.97 Å². The highest BCUT2D eigenvalue weighted by Gasteiger charge is 2.10. The lowest BCUT2D eigenvalue weighted by molar-refractivity contribution is 0.415. The minimum Gasteiger partial charge on any atom is -0.497 e. The summed E-state index contributed by atoms with van der Waals surface area (Å²) < 4.78 is 5.18. The molecule has 4 nitrogen and oxygen atoms in total. The lowest BCUT2D eigenvalue weighted by atomic mass is 10.2. The molecule has 0 unspecified atom stereocenters. The first kappa shape index (κ1) is 16.3. The van der Waals surface area contributed by atoms with Crippen LogP contribution in [-0.4, -0.2) is 24.1 Å². The standard InChI is InChI=1S/C16H14ClN3O.ClH/c1-20(12-4-6-13(21-2)7-5-12)16-14-8-3-11(17)9-15(14)18-10-19-16;/h3-10H,1-2H3;1H. The number of halogens is 2. The van der Waals surface area contributed by atoms with E-state index in [0.717, 1.165) is 28.2 Å². The number of hydrogen-bond acceptors (Lipinski definition) is 4. The van der Waals surface area contributed by atoms with Gasteiger partial charge in [0.1, 0.15) is 17.9 Å². The van der Waals surface area contributed by atoms with Gasteiger partial charge < -0.3 is 9.64 Å². The second-order valence-corrected chi connectivity index (χ2v) is 5.05. The third-order valence-corrected chi connectivity index (χ3v) is 3.59. The van der Waals surface area contributed by atoms with E-state index in [4.69, 9.17) is 16.3 Å². The van der Waals surface area contributed by atoms with Gasteiger partial charge in [0.05, 0.1) is 12.6 Å². The van der Waals surface area contributed by atoms with Gasteiger partial charge in [-0.2, -0.15) is 0 Å². The van der Waals surface area contributed by atoms with Gasteiger partial charge in [-0.05, 0) is 42.5 Å². The number of nitrogens with zero attached hydrogens (tertiary/aromatic N) is 3. The molecule has 0 fully saturated rings. The zero-order chi connectivity index (χ0) is 14.8. The van der Waals surface area contributed by atoms with Crippen molar-refractivity contribution in [3.8, 4) is 5.75 Å². The van der Waals surface area contributed by atoms with E-state index in [-0.39, 0.29) is 12.4 Å². The first-order valence-electron chi connectivity index (χ1n) is 6.47. The second-order valence-electron chi connectivity index (χ2n) is 4.62. The fraction of sp³-hybridized carbons (Fsp3) is 0.125. The van der Waals surface area contributed by atoms with Gasteiger partial charge in [-0.25, -0.2) is 9.97 Å². The summed E-state index contributed by atoms with van der Waals surface area (Å²) in [5.74, 6) is 1.66. The Balaban J connectivity index is 0.00000176. The summed E-state index contributed by atoms with van der Waals surface area (Å²) in [6, 6.07) is 13.4. The molecule has 6 heteroatoms. The van der Waals surface area contributed by atoms with E-state index in [1.807, 2.05) is 54.4 Å². The predicted molar refractivity (Wildman–Crippen MR) is 92.9 cm³/mol. The van der Waals surface area contributed by atoms with Gasteiger partial charge in [-0.1, -0.05) is 11.6 Å². The molecular weight excluding hydrogens is 321 g/mol. The number of ether oxygens (including phenoxy) is 1. The van der Waals surface area contributed by atoms with Crippen LogP contribution in [0.25, 0.3) is 10.9 Å². The molecule has 22 heavy (non-hydrogen) atoms. The second kappa shape index (κ2) is 6.81. The maximum atomic E-state index is 6.01. The summed E-state index contributed by atoms with van der Waals surface area (Å²) in [6.45, 7) is 0. The Hall–Kier alpha value is -2.04. The van der Waals surface area contributed by atoms with Crippen molar-refractivity contribution in [2.24, 2.45) is 0 Å². The van der Waals surface area contributed by atoms with E-state index in [1.54, 1.807) is 13.4 Å². The summed E-state index contributed by atoms with van der Waals surface area (Å²) in [5.41, 5.74) is 1.85. The molecule has 3 aromatic rings. The fourth-order valence-corrected chi connectivity index (χ4v) is 2.38. The smallest absolute Gasteiger partial charge is 0.144 e. The Morgan fingerprint density at radius 2 is 1.77 bits per heavy atom. The van der Waals surface area contributed by atoms with Gasteiger partial charge in [0, 0.05) is 23.1 Å². The van der Waals surface area contributed by atoms with Crippen LogP contribution in [0.15, 0.2) is 48.8 Å². The molecule has 0 aliphatic carbocycles. The summed E-state index contributed by atoms with van der Waals surface area (Å²) in [6.07, 6.45) is 1.55. The minimum absolute atomic E-state index is 0. The Labute approximate surface area is 140 Å². The highest BCUT2D eigenvalue weighted by Crippen LogP contribution is 2.30. The van der Waals surface area contributed by atoms with Crippen molar-refractivity contribution in [3.63, 3.8) is 0 Å². The minimum atomic E-state index is 0. The first-order valence-corrected chi connectivity index (χ1v) is 6.85. The molecule has 3 rings (SSSR count). The lowest BCUT2D eigenvalue weighted by Crippen LogP contribution is -2.11. The number of rotatable bonds is 3. The molecule has 1 heterocycles. The van der Waals surface area contributed by atoms with Crippen LogP contribution in [0.2, 0.25) is 5.02 Å². The maximum Gasteiger partial charge on any atom is 0.144 e. The molecule has 0 radical (unpaired) electrons. The van der Waals surface area contributed by atoms with E-state index in [9.17, 15) is 0 Å². The average molecular weight is 336 g/mol. The summed E-state index contributed by atoms with van der Waals surface area (Å²) in [5, 5.41) is 1.62. The SMILES string of the molecule is COc1ccc(N(C)c2ncnc3cc(Cl)ccc23)cc1.Cl. The Kier molecular flexibility index (Phi) is 5.06. The Morgan fingerprint density at radius 1 is 1.05 bits per heavy atom. The monoisotopic (exact) mass is 335 g/mol. The highest BCUT2D eigenvalue weighted by atomic mass is 35.5. The molecule has 0 bridgehead atoms. The van der Waals surface area contributed by atoms with E-state index >= 15 is 0 Å². The fourth-order valence-electron chi connectivity index (χ4n) is 2.21. The molecule has 114 valence electrons. The van der Waals surface area contributed by atoms with Crippen molar-refractivity contribution in [1.29, 1.82) is 0 Å². The van der Waals surface area contributed by atoms with E-state index in [1.165, 1.54) is 0 Å². The van der Waals surface area contributed by atoms with Crippen molar-refractivity contribution in [3.05, 3.63) is 53.8 Å². The molecule has 1 aromatic heterocycles. The molecule has 2 aromatic carbocycles. The van der Waals surface area contributed by atoms with E-state index in [0.29, 0.717) is 5.02 Å². The van der Waals surface area contributed by atoms with Crippen LogP contribution in [0.1, 0.15) is 0 Å². The predicted octanol–water partition coefficient (Wildman–Crippen LogP) is 4.48. The summed E-state index contributed by atoms with van der Waals surface area (Å²) >= 11 is 6.01. The Morgan fingerprint density at radius 3 is 2.45 bits per heavy atom. The van der Waals surface area contributed by atoms with Crippen molar-refractivity contribution >= 4 is 46.4 Å². The molecule has 0 N–H and O–H groups in total. The van der Waals surface area contributed by atoms with Crippen LogP contribution in [0.3, 0.4) is 0 Å². The van der Waals surface area contributed by atoms with Crippen molar-refractivity contribution < 1.29 is 4.74 Å². The molecule has 0 saturated heterocycles. The van der Waals surface area contributed by atoms with Crippen LogP contribution < -0.4 is 9.64 Å². The van der Waals surface area contributed by atoms with Crippen LogP contribution in [0.4, 0.5) is 11.5 Å². The van der Waals surface area contributed by atoms with Gasteiger partial charge in [0.15, 0.2) is 0 Å². The van der Waals surface area contributed by atoms with Crippen molar-refractivity contribution in [2.75, 3.05) is 19.1 Å². The Bertz CT molecular complexity index is 778. The van der Waals surface area contributed by atoms with Crippen molar-refractivity contribution in [2.45, 2.75) is 0 Å². The highest BCUT2D eigenvalue weighted by molar-refractivity contribution is 6.31. The molecule has 0 atom stereocenters. The van der Waals surface area contributed by atoms with Crippen molar-refractivity contribution in [1.82, 2.24) is 9.97 Å². The lowest BCUT2D eigenvalue weighted by Gasteiger charge is -2.20. The van der Waals surface area contributed by atoms with Crippen LogP contribution >= 0.6 is 24.0 Å².